The van der Waals surface area contributed by atoms with Crippen molar-refractivity contribution in [1.82, 2.24) is 24.8 Å². The highest BCUT2D eigenvalue weighted by atomic mass is 35.5. The standard InChI is InChI=1S/C23H24ClF2N5O2/c1-11-18(26)7-15(27-11)10-33-20-6-14(25)4-5-16(20)23(32)30-8-17-19(9-30)29-31-13(3)21(24)12(2)28-22(17)31/h4-6,11,15,18,27H,7-10H2,1-3H3. The molecule has 2 aliphatic heterocycles. The van der Waals surface area contributed by atoms with E-state index in [-0.39, 0.29) is 35.9 Å². The van der Waals surface area contributed by atoms with Crippen molar-refractivity contribution < 1.29 is 18.3 Å². The second kappa shape index (κ2) is 8.22. The number of benzene rings is 1. The van der Waals surface area contributed by atoms with E-state index < -0.39 is 12.0 Å². The first-order valence-electron chi connectivity index (χ1n) is 10.9. The lowest BCUT2D eigenvalue weighted by Crippen LogP contribution is -2.33. The van der Waals surface area contributed by atoms with Crippen LogP contribution in [0, 0.1) is 19.7 Å². The summed E-state index contributed by atoms with van der Waals surface area (Å²) < 4.78 is 35.2. The lowest BCUT2D eigenvalue weighted by Gasteiger charge is -2.20. The molecule has 1 amide bonds. The lowest BCUT2D eigenvalue weighted by molar-refractivity contribution is 0.0744. The van der Waals surface area contributed by atoms with E-state index in [2.05, 4.69) is 15.4 Å². The average Bonchev–Trinajstić information content (AvgIpc) is 3.44. The quantitative estimate of drug-likeness (QED) is 0.622. The van der Waals surface area contributed by atoms with Gasteiger partial charge in [0.2, 0.25) is 0 Å². The molecular weight excluding hydrogens is 452 g/mol. The number of aryl methyl sites for hydroxylation is 2. The van der Waals surface area contributed by atoms with Crippen molar-refractivity contribution in [1.29, 1.82) is 0 Å². The van der Waals surface area contributed by atoms with Crippen molar-refractivity contribution in [3.8, 4) is 5.75 Å². The summed E-state index contributed by atoms with van der Waals surface area (Å²) in [5.41, 5.74) is 4.05. The number of rotatable bonds is 4. The second-order valence-corrected chi connectivity index (χ2v) is 9.15. The molecule has 174 valence electrons. The lowest BCUT2D eigenvalue weighted by atomic mass is 10.1. The number of alkyl halides is 1. The van der Waals surface area contributed by atoms with Crippen molar-refractivity contribution in [3.05, 3.63) is 57.2 Å². The molecule has 5 rings (SSSR count). The molecule has 1 aromatic carbocycles. The Hall–Kier alpha value is -2.78. The van der Waals surface area contributed by atoms with Crippen LogP contribution >= 0.6 is 11.6 Å². The number of aromatic nitrogens is 3. The molecule has 33 heavy (non-hydrogen) atoms. The van der Waals surface area contributed by atoms with Gasteiger partial charge in [0, 0.05) is 23.7 Å². The van der Waals surface area contributed by atoms with E-state index in [1.807, 2.05) is 13.8 Å². The molecule has 3 unspecified atom stereocenters. The van der Waals surface area contributed by atoms with Crippen molar-refractivity contribution in [3.63, 3.8) is 0 Å². The summed E-state index contributed by atoms with van der Waals surface area (Å²) in [5, 5.41) is 8.28. The van der Waals surface area contributed by atoms with Crippen LogP contribution in [0.15, 0.2) is 18.2 Å². The van der Waals surface area contributed by atoms with Crippen LogP contribution in [0.1, 0.15) is 46.3 Å². The van der Waals surface area contributed by atoms with Gasteiger partial charge in [-0.1, -0.05) is 11.6 Å². The molecule has 2 aromatic heterocycles. The van der Waals surface area contributed by atoms with Crippen LogP contribution in [0.25, 0.3) is 5.65 Å². The Kier molecular flexibility index (Phi) is 5.49. The first kappa shape index (κ1) is 22.0. The summed E-state index contributed by atoms with van der Waals surface area (Å²) in [6, 6.07) is 3.39. The van der Waals surface area contributed by atoms with Crippen LogP contribution in [0.2, 0.25) is 5.02 Å². The molecule has 1 N–H and O–H groups in total. The maximum Gasteiger partial charge on any atom is 0.258 e. The number of carbonyl (C=O) groups excluding carboxylic acids is 1. The third-order valence-corrected chi connectivity index (χ3v) is 6.95. The normalized spacial score (nSPS) is 22.2. The molecule has 7 nitrogen and oxygen atoms in total. The number of hydrogen-bond donors (Lipinski definition) is 1. The molecule has 4 heterocycles. The minimum absolute atomic E-state index is 0.145. The van der Waals surface area contributed by atoms with Gasteiger partial charge < -0.3 is 15.0 Å². The van der Waals surface area contributed by atoms with E-state index in [1.54, 1.807) is 16.3 Å². The van der Waals surface area contributed by atoms with Crippen LogP contribution in [0.5, 0.6) is 5.75 Å². The Labute approximate surface area is 194 Å². The van der Waals surface area contributed by atoms with E-state index in [0.717, 1.165) is 17.0 Å². The zero-order valence-electron chi connectivity index (χ0n) is 18.5. The van der Waals surface area contributed by atoms with Crippen LogP contribution in [-0.2, 0) is 13.1 Å². The largest absolute Gasteiger partial charge is 0.491 e. The topological polar surface area (TPSA) is 71.8 Å². The summed E-state index contributed by atoms with van der Waals surface area (Å²) in [7, 11) is 0. The van der Waals surface area contributed by atoms with Crippen molar-refractivity contribution >= 4 is 23.2 Å². The van der Waals surface area contributed by atoms with Crippen molar-refractivity contribution in [2.75, 3.05) is 6.61 Å². The number of nitrogens with zero attached hydrogens (tertiary/aromatic N) is 4. The number of nitrogens with one attached hydrogen (secondary N) is 1. The highest BCUT2D eigenvalue weighted by Crippen LogP contribution is 2.31. The second-order valence-electron chi connectivity index (χ2n) is 8.77. The number of hydrogen-bond acceptors (Lipinski definition) is 5. The van der Waals surface area contributed by atoms with Crippen molar-refractivity contribution in [2.24, 2.45) is 0 Å². The van der Waals surface area contributed by atoms with Gasteiger partial charge in [0.15, 0.2) is 5.65 Å². The van der Waals surface area contributed by atoms with E-state index in [1.165, 1.54) is 18.2 Å². The minimum Gasteiger partial charge on any atom is -0.491 e. The number of fused-ring (bicyclic) bond motifs is 3. The molecule has 0 saturated carbocycles. The fourth-order valence-electron chi connectivity index (χ4n) is 4.55. The Balaban J connectivity index is 1.37. The summed E-state index contributed by atoms with van der Waals surface area (Å²) in [4.78, 5) is 19.5. The number of amides is 1. The van der Waals surface area contributed by atoms with Gasteiger partial charge in [-0.3, -0.25) is 4.79 Å². The SMILES string of the molecule is Cc1nc2c3c(nn2c(C)c1Cl)CN(C(=O)c1ccc(F)cc1OCC1CC(F)C(C)N1)C3. The molecule has 2 aliphatic rings. The van der Waals surface area contributed by atoms with Crippen LogP contribution < -0.4 is 10.1 Å². The molecule has 0 radical (unpaired) electrons. The smallest absolute Gasteiger partial charge is 0.258 e. The maximum absolute atomic E-state index is 13.9. The van der Waals surface area contributed by atoms with E-state index in [4.69, 9.17) is 16.3 Å². The molecule has 3 atom stereocenters. The van der Waals surface area contributed by atoms with Gasteiger partial charge in [-0.05, 0) is 39.3 Å². The third-order valence-electron chi connectivity index (χ3n) is 6.41. The molecule has 0 bridgehead atoms. The predicted molar refractivity (Wildman–Crippen MR) is 119 cm³/mol. The molecule has 0 aliphatic carbocycles. The van der Waals surface area contributed by atoms with Gasteiger partial charge in [0.1, 0.15) is 24.3 Å². The fourth-order valence-corrected chi connectivity index (χ4v) is 4.67. The zero-order valence-corrected chi connectivity index (χ0v) is 19.3. The highest BCUT2D eigenvalue weighted by molar-refractivity contribution is 6.31. The third kappa shape index (κ3) is 3.83. The highest BCUT2D eigenvalue weighted by Gasteiger charge is 2.33. The monoisotopic (exact) mass is 475 g/mol. The zero-order chi connectivity index (χ0) is 23.4. The average molecular weight is 476 g/mol. The number of halogens is 3. The van der Waals surface area contributed by atoms with Gasteiger partial charge in [0.25, 0.3) is 5.91 Å². The first-order valence-corrected chi connectivity index (χ1v) is 11.3. The Morgan fingerprint density at radius 2 is 2.12 bits per heavy atom. The molecule has 0 spiro atoms. The summed E-state index contributed by atoms with van der Waals surface area (Å²) in [6.45, 7) is 6.26. The number of ether oxygens (including phenoxy) is 1. The van der Waals surface area contributed by atoms with Gasteiger partial charge in [0.05, 0.1) is 40.8 Å². The fraction of sp³-hybridized carbons (Fsp3) is 0.435. The van der Waals surface area contributed by atoms with Crippen LogP contribution in [0.3, 0.4) is 0 Å². The molecule has 1 saturated heterocycles. The minimum atomic E-state index is -0.953. The van der Waals surface area contributed by atoms with Gasteiger partial charge >= 0.3 is 0 Å². The van der Waals surface area contributed by atoms with E-state index in [9.17, 15) is 13.6 Å². The molecule has 3 aromatic rings. The van der Waals surface area contributed by atoms with Crippen molar-refractivity contribution in [2.45, 2.75) is 58.5 Å². The summed E-state index contributed by atoms with van der Waals surface area (Å²) >= 11 is 6.30. The van der Waals surface area contributed by atoms with Crippen LogP contribution in [-0.4, -0.2) is 50.3 Å². The maximum atomic E-state index is 13.9. The van der Waals surface area contributed by atoms with E-state index >= 15 is 0 Å². The summed E-state index contributed by atoms with van der Waals surface area (Å²) in [6.07, 6.45) is -0.637. The Bertz CT molecular complexity index is 1250. The molecule has 10 heteroatoms. The van der Waals surface area contributed by atoms with Crippen LogP contribution in [0.4, 0.5) is 8.78 Å². The number of carbonyl (C=O) groups is 1. The van der Waals surface area contributed by atoms with E-state index in [0.29, 0.717) is 35.9 Å². The summed E-state index contributed by atoms with van der Waals surface area (Å²) in [5.74, 6) is -0.654. The first-order chi connectivity index (χ1) is 15.7. The van der Waals surface area contributed by atoms with Gasteiger partial charge in [-0.2, -0.15) is 5.10 Å². The molecule has 1 fully saturated rings. The Morgan fingerprint density at radius 1 is 1.33 bits per heavy atom. The molecular formula is C23H24ClF2N5O2. The Morgan fingerprint density at radius 3 is 2.85 bits per heavy atom. The predicted octanol–water partition coefficient (Wildman–Crippen LogP) is 3.76. The van der Waals surface area contributed by atoms with Gasteiger partial charge in [-0.25, -0.2) is 18.3 Å². The van der Waals surface area contributed by atoms with Gasteiger partial charge in [-0.15, -0.1) is 0 Å².